The third kappa shape index (κ3) is 20.5. The Bertz CT molecular complexity index is 361. The van der Waals surface area contributed by atoms with E-state index in [2.05, 4.69) is 12.2 Å². The number of Topliss-reactive ketones (excluding diaryl/α,β-unsaturated/α-hetero) is 1. The third-order valence-electron chi connectivity index (χ3n) is 3.42. The maximum atomic E-state index is 11.5. The van der Waals surface area contributed by atoms with Gasteiger partial charge in [0.05, 0.1) is 12.3 Å². The Hall–Kier alpha value is 0.540. The van der Waals surface area contributed by atoms with Crippen LogP contribution in [0.15, 0.2) is 0 Å². The monoisotopic (exact) mass is 344 g/mol. The Morgan fingerprint density at radius 3 is 1.95 bits per heavy atom. The van der Waals surface area contributed by atoms with E-state index in [1.54, 1.807) is 0 Å². The first kappa shape index (κ1) is 24.8. The molecule has 22 heavy (non-hydrogen) atoms. The molecular formula is C15H31NNaO4S. The molecule has 0 aromatic carbocycles. The fraction of sp³-hybridized carbons (Fsp3) is 0.933. The van der Waals surface area contributed by atoms with Gasteiger partial charge in [-0.2, -0.15) is 8.42 Å². The van der Waals surface area contributed by atoms with Crippen molar-refractivity contribution in [2.24, 2.45) is 0 Å². The van der Waals surface area contributed by atoms with Gasteiger partial charge in [-0.15, -0.1) is 0 Å². The van der Waals surface area contributed by atoms with E-state index in [4.69, 9.17) is 4.55 Å². The maximum absolute atomic E-state index is 11.5. The average molecular weight is 344 g/mol. The number of rotatable bonds is 15. The Morgan fingerprint density at radius 2 is 1.45 bits per heavy atom. The topological polar surface area (TPSA) is 83.5 Å². The zero-order chi connectivity index (χ0) is 16.0. The summed E-state index contributed by atoms with van der Waals surface area (Å²) in [5.41, 5.74) is 0. The van der Waals surface area contributed by atoms with Crippen LogP contribution in [0.2, 0.25) is 0 Å². The second-order valence-electron chi connectivity index (χ2n) is 5.58. The second kappa shape index (κ2) is 16.4. The molecule has 0 unspecified atom stereocenters. The van der Waals surface area contributed by atoms with E-state index in [0.717, 1.165) is 12.8 Å². The summed E-state index contributed by atoms with van der Waals surface area (Å²) in [5.74, 6) is -0.244. The first-order valence-corrected chi connectivity index (χ1v) is 9.74. The van der Waals surface area contributed by atoms with E-state index < -0.39 is 10.1 Å². The fourth-order valence-electron chi connectivity index (χ4n) is 2.15. The number of hydrogen-bond donors (Lipinski definition) is 2. The number of unbranched alkanes of at least 4 members (excludes halogenated alkanes) is 8. The van der Waals surface area contributed by atoms with Crippen LogP contribution in [-0.2, 0) is 14.9 Å². The molecule has 1 radical (unpaired) electrons. The van der Waals surface area contributed by atoms with Crippen LogP contribution in [0.4, 0.5) is 0 Å². The second-order valence-corrected chi connectivity index (χ2v) is 7.15. The zero-order valence-electron chi connectivity index (χ0n) is 14.3. The average Bonchev–Trinajstić information content (AvgIpc) is 2.41. The van der Waals surface area contributed by atoms with Gasteiger partial charge in [0.1, 0.15) is 5.78 Å². The molecule has 0 bridgehead atoms. The van der Waals surface area contributed by atoms with Crippen LogP contribution in [-0.4, -0.2) is 67.2 Å². The van der Waals surface area contributed by atoms with Gasteiger partial charge in [-0.25, -0.2) is 0 Å². The molecule has 0 fully saturated rings. The standard InChI is InChI=1S/C15H31NO4S.Na/c1-2-3-4-5-6-7-8-9-10-11-15(17)14-16-12-13-21(18,19)20;/h16H,2-14H2,1H3,(H,18,19,20);. The van der Waals surface area contributed by atoms with Gasteiger partial charge in [0.15, 0.2) is 0 Å². The van der Waals surface area contributed by atoms with Crippen molar-refractivity contribution in [2.45, 2.75) is 71.1 Å². The summed E-state index contributed by atoms with van der Waals surface area (Å²) in [6.45, 7) is 2.52. The minimum absolute atomic E-state index is 0. The number of nitrogens with one attached hydrogen (secondary N) is 1. The molecule has 0 aromatic rings. The van der Waals surface area contributed by atoms with Crippen molar-refractivity contribution >= 4 is 45.5 Å². The van der Waals surface area contributed by atoms with E-state index in [0.29, 0.717) is 6.42 Å². The van der Waals surface area contributed by atoms with Gasteiger partial charge in [0.25, 0.3) is 10.1 Å². The van der Waals surface area contributed by atoms with E-state index in [9.17, 15) is 13.2 Å². The summed E-state index contributed by atoms with van der Waals surface area (Å²) in [6, 6.07) is 0. The van der Waals surface area contributed by atoms with Crippen LogP contribution in [0.3, 0.4) is 0 Å². The molecule has 0 rings (SSSR count). The number of hydrogen-bond acceptors (Lipinski definition) is 4. The Labute approximate surface area is 158 Å². The minimum Gasteiger partial charge on any atom is -0.309 e. The molecule has 7 heteroatoms. The molecule has 0 saturated heterocycles. The van der Waals surface area contributed by atoms with Crippen molar-refractivity contribution in [1.29, 1.82) is 0 Å². The van der Waals surface area contributed by atoms with Crippen molar-refractivity contribution in [1.82, 2.24) is 5.32 Å². The van der Waals surface area contributed by atoms with Gasteiger partial charge in [0, 0.05) is 42.5 Å². The predicted octanol–water partition coefficient (Wildman–Crippen LogP) is 2.57. The van der Waals surface area contributed by atoms with Crippen molar-refractivity contribution in [3.8, 4) is 0 Å². The van der Waals surface area contributed by atoms with E-state index in [-0.39, 0.29) is 54.2 Å². The van der Waals surface area contributed by atoms with E-state index in [1.165, 1.54) is 44.9 Å². The summed E-state index contributed by atoms with van der Waals surface area (Å²) in [5, 5.41) is 2.73. The van der Waals surface area contributed by atoms with E-state index in [1.807, 2.05) is 0 Å². The Balaban J connectivity index is 0. The predicted molar refractivity (Wildman–Crippen MR) is 91.9 cm³/mol. The zero-order valence-corrected chi connectivity index (χ0v) is 17.1. The van der Waals surface area contributed by atoms with Crippen molar-refractivity contribution in [2.75, 3.05) is 18.8 Å². The molecule has 0 aliphatic carbocycles. The number of carbonyl (C=O) groups excluding carboxylic acids is 1. The third-order valence-corrected chi connectivity index (χ3v) is 4.14. The van der Waals surface area contributed by atoms with Gasteiger partial charge >= 0.3 is 0 Å². The summed E-state index contributed by atoms with van der Waals surface area (Å²) < 4.78 is 29.4. The minimum atomic E-state index is -3.93. The quantitative estimate of drug-likeness (QED) is 0.271. The van der Waals surface area contributed by atoms with E-state index >= 15 is 0 Å². The van der Waals surface area contributed by atoms with Gasteiger partial charge in [0.2, 0.25) is 0 Å². The summed E-state index contributed by atoms with van der Waals surface area (Å²) in [7, 11) is -3.93. The smallest absolute Gasteiger partial charge is 0.266 e. The SMILES string of the molecule is CCCCCCCCCCCC(=O)CNCCS(=O)(=O)O.[Na]. The maximum Gasteiger partial charge on any atom is 0.266 e. The van der Waals surface area contributed by atoms with Crippen LogP contribution in [0.25, 0.3) is 0 Å². The Morgan fingerprint density at radius 1 is 0.955 bits per heavy atom. The largest absolute Gasteiger partial charge is 0.309 e. The van der Waals surface area contributed by atoms with Gasteiger partial charge in [-0.3, -0.25) is 9.35 Å². The van der Waals surface area contributed by atoms with Crippen molar-refractivity contribution < 1.29 is 17.8 Å². The summed E-state index contributed by atoms with van der Waals surface area (Å²) in [4.78, 5) is 11.5. The van der Waals surface area contributed by atoms with Crippen molar-refractivity contribution in [3.05, 3.63) is 0 Å². The Kier molecular flexibility index (Phi) is 18.5. The molecule has 0 heterocycles. The number of ketones is 1. The molecule has 0 aliphatic heterocycles. The summed E-state index contributed by atoms with van der Waals surface area (Å²) >= 11 is 0. The molecule has 0 amide bonds. The molecule has 0 atom stereocenters. The molecular weight excluding hydrogens is 313 g/mol. The number of carbonyl (C=O) groups is 1. The summed E-state index contributed by atoms with van der Waals surface area (Å²) in [6.07, 6.45) is 11.6. The van der Waals surface area contributed by atoms with Crippen LogP contribution < -0.4 is 5.32 Å². The molecule has 0 saturated carbocycles. The van der Waals surface area contributed by atoms with Gasteiger partial charge in [-0.05, 0) is 6.42 Å². The molecule has 0 spiro atoms. The fourth-order valence-corrected chi connectivity index (χ4v) is 2.55. The van der Waals surface area contributed by atoms with Gasteiger partial charge < -0.3 is 5.32 Å². The normalized spacial score (nSPS) is 11.2. The van der Waals surface area contributed by atoms with Crippen LogP contribution >= 0.6 is 0 Å². The van der Waals surface area contributed by atoms with Crippen LogP contribution in [0.5, 0.6) is 0 Å². The molecule has 5 nitrogen and oxygen atoms in total. The molecule has 0 aromatic heterocycles. The first-order valence-electron chi connectivity index (χ1n) is 8.13. The van der Waals surface area contributed by atoms with Crippen molar-refractivity contribution in [3.63, 3.8) is 0 Å². The molecule has 2 N–H and O–H groups in total. The van der Waals surface area contributed by atoms with Crippen LogP contribution in [0.1, 0.15) is 71.1 Å². The van der Waals surface area contributed by atoms with Crippen LogP contribution in [0, 0.1) is 0 Å². The molecule has 0 aliphatic rings. The molecule has 127 valence electrons. The van der Waals surface area contributed by atoms with Gasteiger partial charge in [-0.1, -0.05) is 58.3 Å². The first-order chi connectivity index (χ1) is 9.95.